The summed E-state index contributed by atoms with van der Waals surface area (Å²) >= 11 is 3.27. The first kappa shape index (κ1) is 15.2. The second-order valence-corrected chi connectivity index (χ2v) is 5.25. The second kappa shape index (κ2) is 6.49. The minimum Gasteiger partial charge on any atom is -0.326 e. The summed E-state index contributed by atoms with van der Waals surface area (Å²) in [6.07, 6.45) is 0. The fourth-order valence-electron chi connectivity index (χ4n) is 1.70. The predicted molar refractivity (Wildman–Crippen MR) is 82.8 cm³/mol. The van der Waals surface area contributed by atoms with Crippen LogP contribution in [0.5, 0.6) is 0 Å². The highest BCUT2D eigenvalue weighted by Gasteiger charge is 2.10. The van der Waals surface area contributed by atoms with Gasteiger partial charge in [0.15, 0.2) is 0 Å². The van der Waals surface area contributed by atoms with E-state index < -0.39 is 11.7 Å². The fraction of sp³-hybridized carbons (Fsp3) is 0.0667. The molecule has 4 nitrogen and oxygen atoms in total. The first-order valence-electron chi connectivity index (χ1n) is 6.10. The van der Waals surface area contributed by atoms with Gasteiger partial charge in [-0.25, -0.2) is 4.39 Å². The number of nitrogens with one attached hydrogen (secondary N) is 2. The Hall–Kier alpha value is -2.21. The Bertz CT molecular complexity index is 687. The molecule has 2 aromatic carbocycles. The van der Waals surface area contributed by atoms with Gasteiger partial charge < -0.3 is 10.6 Å². The number of anilines is 2. The zero-order valence-electron chi connectivity index (χ0n) is 11.1. The Morgan fingerprint density at radius 3 is 2.33 bits per heavy atom. The summed E-state index contributed by atoms with van der Waals surface area (Å²) in [4.78, 5) is 23.0. The van der Waals surface area contributed by atoms with Gasteiger partial charge >= 0.3 is 0 Å². The summed E-state index contributed by atoms with van der Waals surface area (Å²) in [5, 5.41) is 5.01. The molecule has 0 aromatic heterocycles. The average Bonchev–Trinajstić information content (AvgIpc) is 2.42. The van der Waals surface area contributed by atoms with Crippen LogP contribution in [0.15, 0.2) is 46.9 Å². The smallest absolute Gasteiger partial charge is 0.255 e. The largest absolute Gasteiger partial charge is 0.326 e. The Morgan fingerprint density at radius 1 is 1.05 bits per heavy atom. The quantitative estimate of drug-likeness (QED) is 0.884. The molecular weight excluding hydrogens is 339 g/mol. The van der Waals surface area contributed by atoms with E-state index in [1.54, 1.807) is 24.3 Å². The molecule has 2 aromatic rings. The topological polar surface area (TPSA) is 58.2 Å². The predicted octanol–water partition coefficient (Wildman–Crippen LogP) is 3.80. The Labute approximate surface area is 129 Å². The van der Waals surface area contributed by atoms with Crippen molar-refractivity contribution in [2.45, 2.75) is 6.92 Å². The van der Waals surface area contributed by atoms with Crippen LogP contribution in [0.2, 0.25) is 0 Å². The van der Waals surface area contributed by atoms with Crippen LogP contribution in [0.4, 0.5) is 15.8 Å². The van der Waals surface area contributed by atoms with Crippen LogP contribution in [-0.2, 0) is 4.79 Å². The van der Waals surface area contributed by atoms with Gasteiger partial charge in [0.2, 0.25) is 5.91 Å². The van der Waals surface area contributed by atoms with Gasteiger partial charge in [0.05, 0.1) is 5.69 Å². The lowest BCUT2D eigenvalue weighted by Crippen LogP contribution is -2.13. The SMILES string of the molecule is CC(=O)Nc1ccc(F)c(NC(=O)c2ccc(Br)cc2)c1. The minimum atomic E-state index is -0.574. The second-order valence-electron chi connectivity index (χ2n) is 4.34. The van der Waals surface area contributed by atoms with E-state index in [4.69, 9.17) is 0 Å². The highest BCUT2D eigenvalue weighted by molar-refractivity contribution is 9.10. The van der Waals surface area contributed by atoms with Crippen molar-refractivity contribution in [2.75, 3.05) is 10.6 Å². The monoisotopic (exact) mass is 350 g/mol. The Kier molecular flexibility index (Phi) is 4.70. The molecule has 0 aliphatic heterocycles. The zero-order chi connectivity index (χ0) is 15.4. The zero-order valence-corrected chi connectivity index (χ0v) is 12.7. The number of hydrogen-bond donors (Lipinski definition) is 2. The van der Waals surface area contributed by atoms with Crippen molar-refractivity contribution in [3.8, 4) is 0 Å². The van der Waals surface area contributed by atoms with Crippen molar-refractivity contribution in [3.63, 3.8) is 0 Å². The molecule has 0 aliphatic rings. The van der Waals surface area contributed by atoms with Crippen LogP contribution in [0.3, 0.4) is 0 Å². The maximum Gasteiger partial charge on any atom is 0.255 e. The molecule has 0 bridgehead atoms. The standard InChI is InChI=1S/C15H12BrFN2O2/c1-9(20)18-12-6-7-13(17)14(8-12)19-15(21)10-2-4-11(16)5-3-10/h2-8H,1H3,(H,18,20)(H,19,21). The minimum absolute atomic E-state index is 0.00849. The number of halogens is 2. The number of amides is 2. The van der Waals surface area contributed by atoms with Crippen LogP contribution in [0.1, 0.15) is 17.3 Å². The van der Waals surface area contributed by atoms with Crippen molar-refractivity contribution >= 4 is 39.1 Å². The molecule has 0 unspecified atom stereocenters. The summed E-state index contributed by atoms with van der Waals surface area (Å²) in [5.74, 6) is -1.28. The van der Waals surface area contributed by atoms with Gasteiger partial charge in [-0.05, 0) is 42.5 Å². The van der Waals surface area contributed by atoms with Gasteiger partial charge in [-0.2, -0.15) is 0 Å². The Morgan fingerprint density at radius 2 is 1.71 bits per heavy atom. The van der Waals surface area contributed by atoms with E-state index in [1.807, 2.05) is 0 Å². The number of hydrogen-bond acceptors (Lipinski definition) is 2. The van der Waals surface area contributed by atoms with Crippen LogP contribution in [0, 0.1) is 5.82 Å². The molecule has 0 aliphatic carbocycles. The van der Waals surface area contributed by atoms with Gasteiger partial charge in [0.25, 0.3) is 5.91 Å². The molecule has 0 radical (unpaired) electrons. The number of carbonyl (C=O) groups excluding carboxylic acids is 2. The summed E-state index contributed by atoms with van der Waals surface area (Å²) in [7, 11) is 0. The van der Waals surface area contributed by atoms with Crippen molar-refractivity contribution in [1.29, 1.82) is 0 Å². The molecule has 2 N–H and O–H groups in total. The molecule has 6 heteroatoms. The summed E-state index contributed by atoms with van der Waals surface area (Å²) in [6, 6.07) is 10.7. The molecule has 0 saturated carbocycles. The van der Waals surface area contributed by atoms with E-state index in [1.165, 1.54) is 25.1 Å². The lowest BCUT2D eigenvalue weighted by Gasteiger charge is -2.09. The van der Waals surface area contributed by atoms with E-state index in [0.717, 1.165) is 4.47 Å². The molecule has 0 heterocycles. The number of carbonyl (C=O) groups is 2. The van der Waals surface area contributed by atoms with Crippen molar-refractivity contribution in [2.24, 2.45) is 0 Å². The normalized spacial score (nSPS) is 10.0. The Balaban J connectivity index is 2.20. The maximum atomic E-state index is 13.7. The molecule has 0 atom stereocenters. The molecule has 2 amide bonds. The van der Waals surface area contributed by atoms with Gasteiger partial charge in [-0.1, -0.05) is 15.9 Å². The summed E-state index contributed by atoms with van der Waals surface area (Å²) < 4.78 is 14.6. The molecule has 0 spiro atoms. The molecular formula is C15H12BrFN2O2. The van der Waals surface area contributed by atoms with E-state index in [0.29, 0.717) is 11.3 Å². The third kappa shape index (κ3) is 4.13. The lowest BCUT2D eigenvalue weighted by molar-refractivity contribution is -0.114. The van der Waals surface area contributed by atoms with E-state index in [2.05, 4.69) is 26.6 Å². The van der Waals surface area contributed by atoms with Gasteiger partial charge in [-0.15, -0.1) is 0 Å². The highest BCUT2D eigenvalue weighted by atomic mass is 79.9. The van der Waals surface area contributed by atoms with Crippen LogP contribution >= 0.6 is 15.9 Å². The highest BCUT2D eigenvalue weighted by Crippen LogP contribution is 2.21. The van der Waals surface area contributed by atoms with Crippen LogP contribution in [0.25, 0.3) is 0 Å². The maximum absolute atomic E-state index is 13.7. The lowest BCUT2D eigenvalue weighted by atomic mass is 10.2. The molecule has 0 saturated heterocycles. The first-order chi connectivity index (χ1) is 9.95. The van der Waals surface area contributed by atoms with Crippen molar-refractivity contribution in [1.82, 2.24) is 0 Å². The molecule has 2 rings (SSSR count). The van der Waals surface area contributed by atoms with E-state index >= 15 is 0 Å². The van der Waals surface area contributed by atoms with Crippen molar-refractivity contribution in [3.05, 3.63) is 58.3 Å². The van der Waals surface area contributed by atoms with Crippen LogP contribution < -0.4 is 10.6 Å². The van der Waals surface area contributed by atoms with Gasteiger partial charge in [0, 0.05) is 22.6 Å². The third-order valence-corrected chi connectivity index (χ3v) is 3.17. The number of rotatable bonds is 3. The van der Waals surface area contributed by atoms with Crippen molar-refractivity contribution < 1.29 is 14.0 Å². The van der Waals surface area contributed by atoms with Gasteiger partial charge in [-0.3, -0.25) is 9.59 Å². The van der Waals surface area contributed by atoms with Gasteiger partial charge in [0.1, 0.15) is 5.82 Å². The average molecular weight is 351 g/mol. The molecule has 108 valence electrons. The summed E-state index contributed by atoms with van der Waals surface area (Å²) in [6.45, 7) is 1.35. The van der Waals surface area contributed by atoms with Crippen LogP contribution in [-0.4, -0.2) is 11.8 Å². The third-order valence-electron chi connectivity index (χ3n) is 2.64. The molecule has 0 fully saturated rings. The summed E-state index contributed by atoms with van der Waals surface area (Å²) in [5.41, 5.74) is 0.826. The molecule has 21 heavy (non-hydrogen) atoms. The van der Waals surface area contributed by atoms with E-state index in [-0.39, 0.29) is 11.6 Å². The number of benzene rings is 2. The first-order valence-corrected chi connectivity index (χ1v) is 6.89. The van der Waals surface area contributed by atoms with E-state index in [9.17, 15) is 14.0 Å². The fourth-order valence-corrected chi connectivity index (χ4v) is 1.96.